The van der Waals surface area contributed by atoms with E-state index in [4.69, 9.17) is 5.26 Å². The number of hydrogen-bond acceptors (Lipinski definition) is 5. The van der Waals surface area contributed by atoms with Gasteiger partial charge in [-0.05, 0) is 48.9 Å². The molecule has 0 unspecified atom stereocenters. The highest BCUT2D eigenvalue weighted by Gasteiger charge is 2.43. The first-order valence-electron chi connectivity index (χ1n) is 11.5. The maximum absolute atomic E-state index is 13.5. The summed E-state index contributed by atoms with van der Waals surface area (Å²) in [6.07, 6.45) is -1.66. The third-order valence-electron chi connectivity index (χ3n) is 7.21. The molecular weight excluding hydrogens is 461 g/mol. The van der Waals surface area contributed by atoms with Crippen molar-refractivity contribution < 1.29 is 22.8 Å². The van der Waals surface area contributed by atoms with Crippen molar-refractivity contribution in [1.82, 2.24) is 20.0 Å². The average Bonchev–Trinajstić information content (AvgIpc) is 3.49. The van der Waals surface area contributed by atoms with Crippen LogP contribution < -0.4 is 10.2 Å². The number of aryl methyl sites for hydroxylation is 1. The van der Waals surface area contributed by atoms with Gasteiger partial charge in [-0.1, -0.05) is 0 Å². The molecule has 2 fully saturated rings. The van der Waals surface area contributed by atoms with Gasteiger partial charge in [-0.15, -0.1) is 0 Å². The molecule has 2 aliphatic rings. The van der Waals surface area contributed by atoms with Gasteiger partial charge in [0.1, 0.15) is 5.69 Å². The van der Waals surface area contributed by atoms with E-state index in [0.29, 0.717) is 50.4 Å². The lowest BCUT2D eigenvalue weighted by Crippen LogP contribution is -2.43. The number of hydrogen-bond donors (Lipinski definition) is 1. The summed E-state index contributed by atoms with van der Waals surface area (Å²) in [5, 5.41) is 15.8. The standard InChI is InChI=1S/C24H27F3N6O2/c1-29-22(34)19-14-33(17-4-3-16(12-28)20(11-17)24(25,26)27)13-18(19)15-6-9-32(10-7-15)23(35)21-5-8-30-31(21)2/h3-5,8,11,15,18-19H,6-7,9-10,13-14H2,1-2H3,(H,29,34)/t18-,19+/m0/s1. The van der Waals surface area contributed by atoms with E-state index in [0.717, 1.165) is 6.07 Å². The van der Waals surface area contributed by atoms with Crippen molar-refractivity contribution >= 4 is 17.5 Å². The summed E-state index contributed by atoms with van der Waals surface area (Å²) in [5.41, 5.74) is -0.540. The second-order valence-corrected chi connectivity index (χ2v) is 9.10. The number of benzene rings is 1. The lowest BCUT2D eigenvalue weighted by atomic mass is 9.78. The minimum absolute atomic E-state index is 0.0612. The number of rotatable bonds is 4. The molecule has 0 radical (unpaired) electrons. The largest absolute Gasteiger partial charge is 0.417 e. The van der Waals surface area contributed by atoms with Gasteiger partial charge in [-0.2, -0.15) is 23.5 Å². The quantitative estimate of drug-likeness (QED) is 0.714. The van der Waals surface area contributed by atoms with Crippen molar-refractivity contribution in [2.75, 3.05) is 38.1 Å². The summed E-state index contributed by atoms with van der Waals surface area (Å²) in [5.74, 6) is -0.520. The summed E-state index contributed by atoms with van der Waals surface area (Å²) in [7, 11) is 3.27. The first-order valence-corrected chi connectivity index (χ1v) is 11.5. The van der Waals surface area contributed by atoms with E-state index in [9.17, 15) is 22.8 Å². The number of anilines is 1. The van der Waals surface area contributed by atoms with E-state index < -0.39 is 17.3 Å². The van der Waals surface area contributed by atoms with Crippen LogP contribution in [-0.2, 0) is 18.0 Å². The number of nitrogens with zero attached hydrogens (tertiary/aromatic N) is 5. The maximum atomic E-state index is 13.5. The molecule has 0 aliphatic carbocycles. The number of nitriles is 1. The molecule has 8 nitrogen and oxygen atoms in total. The van der Waals surface area contributed by atoms with Crippen LogP contribution in [-0.4, -0.2) is 59.7 Å². The highest BCUT2D eigenvalue weighted by Crippen LogP contribution is 2.40. The zero-order valence-electron chi connectivity index (χ0n) is 19.5. The van der Waals surface area contributed by atoms with Gasteiger partial charge in [-0.25, -0.2) is 0 Å². The average molecular weight is 489 g/mol. The van der Waals surface area contributed by atoms with Crippen molar-refractivity contribution in [3.63, 3.8) is 0 Å². The van der Waals surface area contributed by atoms with Crippen LogP contribution in [0.5, 0.6) is 0 Å². The Labute approximate surface area is 201 Å². The zero-order valence-corrected chi connectivity index (χ0v) is 19.5. The highest BCUT2D eigenvalue weighted by molar-refractivity contribution is 5.92. The van der Waals surface area contributed by atoms with Gasteiger partial charge in [0, 0.05) is 52.2 Å². The number of carbonyl (C=O) groups is 2. The molecule has 11 heteroatoms. The van der Waals surface area contributed by atoms with Gasteiger partial charge < -0.3 is 15.1 Å². The predicted octanol–water partition coefficient (Wildman–Crippen LogP) is 2.66. The molecule has 4 rings (SSSR count). The Morgan fingerprint density at radius 2 is 1.89 bits per heavy atom. The number of amides is 2. The van der Waals surface area contributed by atoms with Crippen LogP contribution in [0.4, 0.5) is 18.9 Å². The molecule has 2 atom stereocenters. The number of carbonyl (C=O) groups excluding carboxylic acids is 2. The molecule has 1 N–H and O–H groups in total. The topological polar surface area (TPSA) is 94.3 Å². The van der Waals surface area contributed by atoms with E-state index in [1.165, 1.54) is 16.8 Å². The zero-order chi connectivity index (χ0) is 25.3. The van der Waals surface area contributed by atoms with Crippen molar-refractivity contribution in [1.29, 1.82) is 5.26 Å². The summed E-state index contributed by atoms with van der Waals surface area (Å²) in [6.45, 7) is 1.81. The third kappa shape index (κ3) is 4.83. The van der Waals surface area contributed by atoms with E-state index >= 15 is 0 Å². The molecule has 2 aliphatic heterocycles. The smallest absolute Gasteiger partial charge is 0.370 e. The maximum Gasteiger partial charge on any atom is 0.417 e. The fraction of sp³-hybridized carbons (Fsp3) is 0.500. The fourth-order valence-corrected chi connectivity index (χ4v) is 5.32. The van der Waals surface area contributed by atoms with Crippen LogP contribution in [0.1, 0.15) is 34.5 Å². The minimum Gasteiger partial charge on any atom is -0.370 e. The van der Waals surface area contributed by atoms with Crippen molar-refractivity contribution in [2.24, 2.45) is 24.8 Å². The molecule has 0 spiro atoms. The Morgan fingerprint density at radius 3 is 2.46 bits per heavy atom. The number of piperidine rings is 1. The second kappa shape index (κ2) is 9.60. The van der Waals surface area contributed by atoms with Gasteiger partial charge in [0.2, 0.25) is 5.91 Å². The summed E-state index contributed by atoms with van der Waals surface area (Å²) < 4.78 is 42.0. The molecule has 2 aromatic rings. The normalized spacial score (nSPS) is 21.1. The van der Waals surface area contributed by atoms with E-state index in [2.05, 4.69) is 10.4 Å². The number of alkyl halides is 3. The van der Waals surface area contributed by atoms with Gasteiger partial charge in [0.05, 0.1) is 23.1 Å². The van der Waals surface area contributed by atoms with E-state index in [1.807, 2.05) is 0 Å². The second-order valence-electron chi connectivity index (χ2n) is 9.10. The fourth-order valence-electron chi connectivity index (χ4n) is 5.32. The number of aromatic nitrogens is 2. The highest BCUT2D eigenvalue weighted by atomic mass is 19.4. The van der Waals surface area contributed by atoms with Gasteiger partial charge in [0.15, 0.2) is 0 Å². The minimum atomic E-state index is -4.65. The monoisotopic (exact) mass is 488 g/mol. The Hall–Kier alpha value is -3.55. The van der Waals surface area contributed by atoms with E-state index in [-0.39, 0.29) is 29.6 Å². The van der Waals surface area contributed by atoms with Crippen molar-refractivity contribution in [3.8, 4) is 6.07 Å². The number of nitrogens with one attached hydrogen (secondary N) is 1. The molecule has 1 aromatic heterocycles. The van der Waals surface area contributed by atoms with Crippen LogP contribution in [0.15, 0.2) is 30.5 Å². The molecule has 1 aromatic carbocycles. The molecule has 2 saturated heterocycles. The predicted molar refractivity (Wildman–Crippen MR) is 121 cm³/mol. The van der Waals surface area contributed by atoms with Gasteiger partial charge in [0.25, 0.3) is 5.91 Å². The molecule has 186 valence electrons. The Morgan fingerprint density at radius 1 is 1.17 bits per heavy atom. The molecular formula is C24H27F3N6O2. The van der Waals surface area contributed by atoms with Crippen LogP contribution in [0.2, 0.25) is 0 Å². The lowest BCUT2D eigenvalue weighted by Gasteiger charge is -2.36. The summed E-state index contributed by atoms with van der Waals surface area (Å²) >= 11 is 0. The van der Waals surface area contributed by atoms with Crippen LogP contribution in [0.3, 0.4) is 0 Å². The number of likely N-dealkylation sites (tertiary alicyclic amines) is 1. The SMILES string of the molecule is CNC(=O)[C@@H]1CN(c2ccc(C#N)c(C(F)(F)F)c2)C[C@H]1C1CCN(C(=O)c2ccnn2C)CC1. The van der Waals surface area contributed by atoms with E-state index in [1.54, 1.807) is 42.2 Å². The first-order chi connectivity index (χ1) is 16.6. The van der Waals surface area contributed by atoms with Gasteiger partial charge in [-0.3, -0.25) is 14.3 Å². The van der Waals surface area contributed by atoms with Crippen LogP contribution in [0.25, 0.3) is 0 Å². The van der Waals surface area contributed by atoms with Crippen LogP contribution in [0, 0.1) is 29.1 Å². The Kier molecular flexibility index (Phi) is 6.74. The third-order valence-corrected chi connectivity index (χ3v) is 7.21. The number of halogens is 3. The Balaban J connectivity index is 1.51. The van der Waals surface area contributed by atoms with Crippen molar-refractivity contribution in [2.45, 2.75) is 19.0 Å². The molecule has 2 amide bonds. The summed E-state index contributed by atoms with van der Waals surface area (Å²) in [4.78, 5) is 29.1. The molecule has 0 saturated carbocycles. The van der Waals surface area contributed by atoms with Gasteiger partial charge >= 0.3 is 6.18 Å². The van der Waals surface area contributed by atoms with Crippen LogP contribution >= 0.6 is 0 Å². The first kappa shape index (κ1) is 24.6. The van der Waals surface area contributed by atoms with Crippen molar-refractivity contribution in [3.05, 3.63) is 47.3 Å². The summed E-state index contributed by atoms with van der Waals surface area (Å²) in [6, 6.07) is 6.97. The lowest BCUT2D eigenvalue weighted by molar-refractivity contribution is -0.137. The Bertz CT molecular complexity index is 1150. The molecule has 35 heavy (non-hydrogen) atoms. The molecule has 3 heterocycles. The molecule has 0 bridgehead atoms.